The number of aryl methyl sites for hydroxylation is 1. The van der Waals surface area contributed by atoms with Crippen LogP contribution in [-0.2, 0) is 11.2 Å². The Morgan fingerprint density at radius 3 is 2.61 bits per heavy atom. The number of carbonyl (C=O) groups is 2. The molecule has 2 aromatic carbocycles. The molecular formula is C26H26N2O2S. The van der Waals surface area contributed by atoms with Crippen LogP contribution in [0.25, 0.3) is 0 Å². The van der Waals surface area contributed by atoms with Crippen molar-refractivity contribution in [2.24, 2.45) is 0 Å². The van der Waals surface area contributed by atoms with E-state index in [1.54, 1.807) is 22.3 Å². The zero-order valence-corrected chi connectivity index (χ0v) is 18.5. The summed E-state index contributed by atoms with van der Waals surface area (Å²) in [5.74, 6) is -0.190. The molecule has 0 spiro atoms. The van der Waals surface area contributed by atoms with Gasteiger partial charge in [-0.3, -0.25) is 9.59 Å². The highest BCUT2D eigenvalue weighted by Crippen LogP contribution is 2.37. The van der Waals surface area contributed by atoms with E-state index in [1.165, 1.54) is 10.4 Å². The van der Waals surface area contributed by atoms with Crippen molar-refractivity contribution in [1.29, 1.82) is 0 Å². The number of thiophene rings is 1. The molecular weight excluding hydrogens is 404 g/mol. The summed E-state index contributed by atoms with van der Waals surface area (Å²) < 4.78 is 0. The second-order valence-corrected chi connectivity index (χ2v) is 8.74. The van der Waals surface area contributed by atoms with Crippen LogP contribution in [0.1, 0.15) is 38.0 Å². The third kappa shape index (κ3) is 4.32. The topological polar surface area (TPSA) is 40.6 Å². The largest absolute Gasteiger partial charge is 0.330 e. The lowest BCUT2D eigenvalue weighted by Gasteiger charge is -2.37. The van der Waals surface area contributed by atoms with E-state index < -0.39 is 0 Å². The maximum Gasteiger partial charge on any atom is 0.254 e. The zero-order valence-electron chi connectivity index (χ0n) is 17.7. The standard InChI is InChI=1S/C26H26N2O2S/c1-3-15-27(26(30)21-12-8-7-9-19(21)2)18-24(29)28-16-13-23-22(14-17-31-23)25(28)20-10-5-4-6-11-20/h3-12,14,17,25H,1,13,15-16,18H2,2H3. The fourth-order valence-corrected chi connectivity index (χ4v) is 5.10. The minimum Gasteiger partial charge on any atom is -0.330 e. The third-order valence-electron chi connectivity index (χ3n) is 5.74. The molecule has 1 unspecified atom stereocenters. The van der Waals surface area contributed by atoms with Gasteiger partial charge in [0.05, 0.1) is 6.04 Å². The average Bonchev–Trinajstić information content (AvgIpc) is 3.27. The summed E-state index contributed by atoms with van der Waals surface area (Å²) >= 11 is 1.75. The summed E-state index contributed by atoms with van der Waals surface area (Å²) in [4.78, 5) is 31.6. The van der Waals surface area contributed by atoms with Crippen LogP contribution in [0.4, 0.5) is 0 Å². The van der Waals surface area contributed by atoms with E-state index >= 15 is 0 Å². The first-order valence-electron chi connectivity index (χ1n) is 10.5. The quantitative estimate of drug-likeness (QED) is 0.524. The summed E-state index contributed by atoms with van der Waals surface area (Å²) in [6.07, 6.45) is 2.51. The molecule has 1 aliphatic rings. The molecule has 0 aliphatic carbocycles. The Labute approximate surface area is 187 Å². The summed E-state index contributed by atoms with van der Waals surface area (Å²) in [5, 5.41) is 2.10. The van der Waals surface area contributed by atoms with Crippen LogP contribution in [-0.4, -0.2) is 41.2 Å². The predicted octanol–water partition coefficient (Wildman–Crippen LogP) is 4.86. The summed E-state index contributed by atoms with van der Waals surface area (Å²) in [7, 11) is 0. The van der Waals surface area contributed by atoms with E-state index in [-0.39, 0.29) is 24.4 Å². The maximum absolute atomic E-state index is 13.5. The molecule has 0 bridgehead atoms. The van der Waals surface area contributed by atoms with Gasteiger partial charge in [-0.15, -0.1) is 17.9 Å². The fourth-order valence-electron chi connectivity index (χ4n) is 4.19. The second-order valence-electron chi connectivity index (χ2n) is 7.74. The lowest BCUT2D eigenvalue weighted by Crippen LogP contribution is -2.46. The van der Waals surface area contributed by atoms with Gasteiger partial charge in [0.15, 0.2) is 0 Å². The highest BCUT2D eigenvalue weighted by Gasteiger charge is 2.34. The molecule has 3 aromatic rings. The van der Waals surface area contributed by atoms with Gasteiger partial charge in [-0.1, -0.05) is 54.6 Å². The van der Waals surface area contributed by atoms with Gasteiger partial charge in [0, 0.05) is 23.5 Å². The van der Waals surface area contributed by atoms with Crippen molar-refractivity contribution in [3.8, 4) is 0 Å². The molecule has 0 saturated carbocycles. The number of hydrogen-bond acceptors (Lipinski definition) is 3. The van der Waals surface area contributed by atoms with Crippen LogP contribution in [0.15, 0.2) is 78.7 Å². The Hall–Kier alpha value is -3.18. The number of carbonyl (C=O) groups excluding carboxylic acids is 2. The van der Waals surface area contributed by atoms with Gasteiger partial charge in [-0.05, 0) is 47.5 Å². The SMILES string of the molecule is C=CCN(CC(=O)N1CCc2sccc2C1c1ccccc1)C(=O)c1ccccc1C. The molecule has 4 nitrogen and oxygen atoms in total. The number of nitrogens with zero attached hydrogens (tertiary/aromatic N) is 2. The Balaban J connectivity index is 1.61. The van der Waals surface area contributed by atoms with Gasteiger partial charge in [0.2, 0.25) is 5.91 Å². The van der Waals surface area contributed by atoms with E-state index in [0.717, 1.165) is 17.5 Å². The van der Waals surface area contributed by atoms with Crippen molar-refractivity contribution in [3.05, 3.63) is 106 Å². The Morgan fingerprint density at radius 2 is 1.87 bits per heavy atom. The van der Waals surface area contributed by atoms with Crippen molar-refractivity contribution < 1.29 is 9.59 Å². The van der Waals surface area contributed by atoms with Crippen molar-refractivity contribution in [1.82, 2.24) is 9.80 Å². The van der Waals surface area contributed by atoms with Crippen molar-refractivity contribution >= 4 is 23.2 Å². The van der Waals surface area contributed by atoms with Gasteiger partial charge in [-0.25, -0.2) is 0 Å². The van der Waals surface area contributed by atoms with Crippen LogP contribution >= 0.6 is 11.3 Å². The van der Waals surface area contributed by atoms with Crippen LogP contribution < -0.4 is 0 Å². The monoisotopic (exact) mass is 430 g/mol. The van der Waals surface area contributed by atoms with Crippen LogP contribution in [0, 0.1) is 6.92 Å². The Morgan fingerprint density at radius 1 is 1.13 bits per heavy atom. The smallest absolute Gasteiger partial charge is 0.254 e. The van der Waals surface area contributed by atoms with Crippen molar-refractivity contribution in [2.75, 3.05) is 19.6 Å². The van der Waals surface area contributed by atoms with Crippen LogP contribution in [0.5, 0.6) is 0 Å². The molecule has 1 aliphatic heterocycles. The van der Waals surface area contributed by atoms with Gasteiger partial charge in [0.1, 0.15) is 6.54 Å². The maximum atomic E-state index is 13.5. The molecule has 1 aromatic heterocycles. The normalized spacial score (nSPS) is 15.3. The van der Waals surface area contributed by atoms with Crippen molar-refractivity contribution in [2.45, 2.75) is 19.4 Å². The molecule has 2 amide bonds. The molecule has 0 N–H and O–H groups in total. The van der Waals surface area contributed by atoms with E-state index in [1.807, 2.05) is 54.3 Å². The van der Waals surface area contributed by atoms with Crippen molar-refractivity contribution in [3.63, 3.8) is 0 Å². The van der Waals surface area contributed by atoms with Gasteiger partial charge in [-0.2, -0.15) is 0 Å². The van der Waals surface area contributed by atoms with Gasteiger partial charge in [0.25, 0.3) is 5.91 Å². The first kappa shape index (κ1) is 21.1. The van der Waals surface area contributed by atoms with E-state index in [2.05, 4.69) is 30.2 Å². The Bertz CT molecular complexity index is 1090. The summed E-state index contributed by atoms with van der Waals surface area (Å²) in [6, 6.07) is 19.6. The van der Waals surface area contributed by atoms with Gasteiger partial charge >= 0.3 is 0 Å². The second kappa shape index (κ2) is 9.31. The molecule has 0 radical (unpaired) electrons. The molecule has 4 rings (SSSR count). The molecule has 0 saturated heterocycles. The summed E-state index contributed by atoms with van der Waals surface area (Å²) in [6.45, 7) is 6.70. The van der Waals surface area contributed by atoms with Gasteiger partial charge < -0.3 is 9.80 Å². The predicted molar refractivity (Wildman–Crippen MR) is 125 cm³/mol. The number of hydrogen-bond donors (Lipinski definition) is 0. The molecule has 5 heteroatoms. The van der Waals surface area contributed by atoms with E-state index in [0.29, 0.717) is 18.7 Å². The first-order valence-corrected chi connectivity index (χ1v) is 11.3. The van der Waals surface area contributed by atoms with E-state index in [9.17, 15) is 9.59 Å². The molecule has 158 valence electrons. The highest BCUT2D eigenvalue weighted by atomic mass is 32.1. The number of amides is 2. The number of benzene rings is 2. The highest BCUT2D eigenvalue weighted by molar-refractivity contribution is 7.10. The Kier molecular flexibility index (Phi) is 6.33. The van der Waals surface area contributed by atoms with Crippen LogP contribution in [0.2, 0.25) is 0 Å². The zero-order chi connectivity index (χ0) is 21.8. The molecule has 2 heterocycles. The summed E-state index contributed by atoms with van der Waals surface area (Å²) in [5.41, 5.74) is 3.81. The van der Waals surface area contributed by atoms with Crippen LogP contribution in [0.3, 0.4) is 0 Å². The minimum atomic E-state index is -0.143. The lowest BCUT2D eigenvalue weighted by atomic mass is 9.93. The lowest BCUT2D eigenvalue weighted by molar-refractivity contribution is -0.133. The minimum absolute atomic E-state index is 0.0298. The average molecular weight is 431 g/mol. The fraction of sp³-hybridized carbons (Fsp3) is 0.231. The third-order valence-corrected chi connectivity index (χ3v) is 6.74. The molecule has 0 fully saturated rings. The molecule has 1 atom stereocenters. The number of rotatable bonds is 6. The first-order chi connectivity index (χ1) is 15.1. The van der Waals surface area contributed by atoms with E-state index in [4.69, 9.17) is 0 Å². The molecule has 31 heavy (non-hydrogen) atoms. The number of fused-ring (bicyclic) bond motifs is 1.